The molecule has 0 amide bonds. The maximum Gasteiger partial charge on any atom is 0.313 e. The molecule has 1 aromatic rings. The molecule has 80 valence electrons. The first kappa shape index (κ1) is 10.1. The summed E-state index contributed by atoms with van der Waals surface area (Å²) in [4.78, 5) is 16.0. The zero-order valence-electron chi connectivity index (χ0n) is 8.90. The molecular formula is C12H15NO2. The van der Waals surface area contributed by atoms with E-state index in [0.717, 1.165) is 30.5 Å². The molecule has 15 heavy (non-hydrogen) atoms. The van der Waals surface area contributed by atoms with E-state index in [0.29, 0.717) is 6.61 Å². The molecule has 1 aliphatic carbocycles. The number of fused-ring (bicyclic) bond motifs is 1. The van der Waals surface area contributed by atoms with E-state index in [1.165, 1.54) is 0 Å². The maximum atomic E-state index is 11.7. The average Bonchev–Trinajstić information content (AvgIpc) is 2.28. The van der Waals surface area contributed by atoms with Gasteiger partial charge in [0.1, 0.15) is 0 Å². The van der Waals surface area contributed by atoms with Crippen molar-refractivity contribution in [1.29, 1.82) is 0 Å². The molecule has 0 spiro atoms. The van der Waals surface area contributed by atoms with Gasteiger partial charge in [-0.05, 0) is 37.8 Å². The first-order chi connectivity index (χ1) is 7.33. The molecule has 1 aromatic heterocycles. The predicted molar refractivity (Wildman–Crippen MR) is 56.5 cm³/mol. The Labute approximate surface area is 89.5 Å². The highest BCUT2D eigenvalue weighted by atomic mass is 16.5. The summed E-state index contributed by atoms with van der Waals surface area (Å²) >= 11 is 0. The van der Waals surface area contributed by atoms with Crippen LogP contribution in [0.4, 0.5) is 0 Å². The number of aromatic nitrogens is 1. The number of hydrogen-bond donors (Lipinski definition) is 0. The predicted octanol–water partition coefficient (Wildman–Crippen LogP) is 2.06. The molecule has 3 heteroatoms. The van der Waals surface area contributed by atoms with Crippen LogP contribution < -0.4 is 0 Å². The quantitative estimate of drug-likeness (QED) is 0.694. The molecule has 1 unspecified atom stereocenters. The molecule has 1 atom stereocenters. The van der Waals surface area contributed by atoms with Crippen molar-refractivity contribution in [1.82, 2.24) is 4.98 Å². The Balaban J connectivity index is 2.25. The third-order valence-electron chi connectivity index (χ3n) is 2.78. The van der Waals surface area contributed by atoms with Gasteiger partial charge in [0, 0.05) is 11.9 Å². The summed E-state index contributed by atoms with van der Waals surface area (Å²) in [6, 6.07) is 3.87. The smallest absolute Gasteiger partial charge is 0.313 e. The number of nitrogens with zero attached hydrogens (tertiary/aromatic N) is 1. The molecule has 0 N–H and O–H groups in total. The maximum absolute atomic E-state index is 11.7. The molecular weight excluding hydrogens is 190 g/mol. The summed E-state index contributed by atoms with van der Waals surface area (Å²) in [5, 5.41) is 0. The molecule has 0 radical (unpaired) electrons. The number of carbonyl (C=O) groups excluding carboxylic acids is 1. The highest BCUT2D eigenvalue weighted by molar-refractivity contribution is 5.78. The molecule has 0 bridgehead atoms. The second-order valence-corrected chi connectivity index (χ2v) is 3.74. The van der Waals surface area contributed by atoms with Gasteiger partial charge in [0.25, 0.3) is 0 Å². The van der Waals surface area contributed by atoms with E-state index < -0.39 is 0 Å². The number of esters is 1. The fraction of sp³-hybridized carbons (Fsp3) is 0.500. The number of carbonyl (C=O) groups is 1. The van der Waals surface area contributed by atoms with Crippen LogP contribution in [0.3, 0.4) is 0 Å². The van der Waals surface area contributed by atoms with E-state index >= 15 is 0 Å². The van der Waals surface area contributed by atoms with Gasteiger partial charge in [-0.3, -0.25) is 9.78 Å². The lowest BCUT2D eigenvalue weighted by Crippen LogP contribution is -2.21. The SMILES string of the molecule is CCOC(=O)C1CCCc2ncccc21. The molecule has 1 aliphatic rings. The van der Waals surface area contributed by atoms with Gasteiger partial charge in [-0.1, -0.05) is 6.07 Å². The normalized spacial score (nSPS) is 19.4. The van der Waals surface area contributed by atoms with Gasteiger partial charge in [-0.25, -0.2) is 0 Å². The lowest BCUT2D eigenvalue weighted by molar-refractivity contribution is -0.145. The van der Waals surface area contributed by atoms with Gasteiger partial charge in [-0.15, -0.1) is 0 Å². The van der Waals surface area contributed by atoms with Crippen molar-refractivity contribution in [3.05, 3.63) is 29.6 Å². The Kier molecular flexibility index (Phi) is 2.99. The third-order valence-corrected chi connectivity index (χ3v) is 2.78. The van der Waals surface area contributed by atoms with E-state index in [4.69, 9.17) is 4.74 Å². The Morgan fingerprint density at radius 2 is 2.53 bits per heavy atom. The summed E-state index contributed by atoms with van der Waals surface area (Å²) in [5.74, 6) is -0.200. The number of hydrogen-bond acceptors (Lipinski definition) is 3. The monoisotopic (exact) mass is 205 g/mol. The van der Waals surface area contributed by atoms with Crippen LogP contribution in [0.15, 0.2) is 18.3 Å². The lowest BCUT2D eigenvalue weighted by atomic mass is 9.86. The minimum atomic E-state index is -0.105. The van der Waals surface area contributed by atoms with Crippen LogP contribution in [-0.2, 0) is 16.0 Å². The number of pyridine rings is 1. The summed E-state index contributed by atoms with van der Waals surface area (Å²) in [7, 11) is 0. The zero-order chi connectivity index (χ0) is 10.7. The number of aryl methyl sites for hydroxylation is 1. The van der Waals surface area contributed by atoms with Crippen LogP contribution in [0.1, 0.15) is 36.9 Å². The van der Waals surface area contributed by atoms with Gasteiger partial charge in [0.05, 0.1) is 12.5 Å². The van der Waals surface area contributed by atoms with Gasteiger partial charge in [0.15, 0.2) is 0 Å². The second kappa shape index (κ2) is 4.43. The molecule has 1 heterocycles. The van der Waals surface area contributed by atoms with Gasteiger partial charge in [0.2, 0.25) is 0 Å². The van der Waals surface area contributed by atoms with Gasteiger partial charge < -0.3 is 4.74 Å². The Hall–Kier alpha value is -1.38. The van der Waals surface area contributed by atoms with Crippen LogP contribution in [-0.4, -0.2) is 17.6 Å². The van der Waals surface area contributed by atoms with E-state index in [1.54, 1.807) is 6.20 Å². The highest BCUT2D eigenvalue weighted by Crippen LogP contribution is 2.30. The summed E-state index contributed by atoms with van der Waals surface area (Å²) in [6.07, 6.45) is 4.67. The zero-order valence-corrected chi connectivity index (χ0v) is 8.90. The summed E-state index contributed by atoms with van der Waals surface area (Å²) in [6.45, 7) is 2.29. The Morgan fingerprint density at radius 1 is 1.67 bits per heavy atom. The van der Waals surface area contributed by atoms with Gasteiger partial charge in [-0.2, -0.15) is 0 Å². The van der Waals surface area contributed by atoms with Crippen molar-refractivity contribution in [2.24, 2.45) is 0 Å². The van der Waals surface area contributed by atoms with Crippen molar-refractivity contribution < 1.29 is 9.53 Å². The Bertz CT molecular complexity index is 362. The van der Waals surface area contributed by atoms with Crippen LogP contribution in [0.2, 0.25) is 0 Å². The number of rotatable bonds is 2. The fourth-order valence-corrected chi connectivity index (χ4v) is 2.09. The van der Waals surface area contributed by atoms with Crippen molar-refractivity contribution in [3.63, 3.8) is 0 Å². The average molecular weight is 205 g/mol. The van der Waals surface area contributed by atoms with Crippen molar-refractivity contribution in [3.8, 4) is 0 Å². The van der Waals surface area contributed by atoms with Gasteiger partial charge >= 0.3 is 5.97 Å². The molecule has 3 nitrogen and oxygen atoms in total. The standard InChI is InChI=1S/C12H15NO2/c1-2-15-12(14)10-5-3-7-11-9(10)6-4-8-13-11/h4,6,8,10H,2-3,5,7H2,1H3. The van der Waals surface area contributed by atoms with E-state index in [1.807, 2.05) is 19.1 Å². The van der Waals surface area contributed by atoms with Crippen LogP contribution in [0.5, 0.6) is 0 Å². The molecule has 0 fully saturated rings. The van der Waals surface area contributed by atoms with Crippen LogP contribution in [0, 0.1) is 0 Å². The molecule has 0 aromatic carbocycles. The largest absolute Gasteiger partial charge is 0.466 e. The topological polar surface area (TPSA) is 39.2 Å². The van der Waals surface area contributed by atoms with E-state index in [-0.39, 0.29) is 11.9 Å². The van der Waals surface area contributed by atoms with Crippen molar-refractivity contribution in [2.45, 2.75) is 32.1 Å². The van der Waals surface area contributed by atoms with Crippen molar-refractivity contribution in [2.75, 3.05) is 6.61 Å². The third kappa shape index (κ3) is 2.01. The molecule has 0 saturated carbocycles. The van der Waals surface area contributed by atoms with Crippen LogP contribution >= 0.6 is 0 Å². The first-order valence-corrected chi connectivity index (χ1v) is 5.43. The second-order valence-electron chi connectivity index (χ2n) is 3.74. The molecule has 0 aliphatic heterocycles. The fourth-order valence-electron chi connectivity index (χ4n) is 2.09. The highest BCUT2D eigenvalue weighted by Gasteiger charge is 2.27. The molecule has 2 rings (SSSR count). The van der Waals surface area contributed by atoms with E-state index in [2.05, 4.69) is 4.98 Å². The van der Waals surface area contributed by atoms with E-state index in [9.17, 15) is 4.79 Å². The Morgan fingerprint density at radius 3 is 3.33 bits per heavy atom. The summed E-state index contributed by atoms with van der Waals surface area (Å²) < 4.78 is 5.07. The lowest BCUT2D eigenvalue weighted by Gasteiger charge is -2.22. The minimum Gasteiger partial charge on any atom is -0.466 e. The van der Waals surface area contributed by atoms with Crippen molar-refractivity contribution >= 4 is 5.97 Å². The first-order valence-electron chi connectivity index (χ1n) is 5.43. The van der Waals surface area contributed by atoms with Crippen LogP contribution in [0.25, 0.3) is 0 Å². The number of ether oxygens (including phenoxy) is 1. The summed E-state index contributed by atoms with van der Waals surface area (Å²) in [5.41, 5.74) is 2.11. The molecule has 0 saturated heterocycles. The minimum absolute atomic E-state index is 0.0950.